The molecule has 0 radical (unpaired) electrons. The number of rotatable bonds is 3. The summed E-state index contributed by atoms with van der Waals surface area (Å²) in [4.78, 5) is 18.4. The molecular formula is C20H33FN2O3Si. The molecule has 0 saturated carbocycles. The molecule has 1 aromatic heterocycles. The molecule has 0 aromatic carbocycles. The standard InChI is InChI=1S/C20H33FN2O3Si/c1-19(2,3)25-18(24)23-13-16(26-27(7,8)20(4,5)6)10-17(23)14-9-15(21)12-22-11-14/h9,11-12,16-17H,10,13H2,1-8H3/t16?,17-/m1/s1. The number of amides is 1. The third-order valence-electron chi connectivity index (χ3n) is 5.27. The number of carbonyl (C=O) groups is 1. The topological polar surface area (TPSA) is 51.7 Å². The van der Waals surface area contributed by atoms with Gasteiger partial charge in [0.2, 0.25) is 0 Å². The zero-order valence-corrected chi connectivity index (χ0v) is 18.8. The molecule has 1 amide bonds. The van der Waals surface area contributed by atoms with Crippen molar-refractivity contribution >= 4 is 14.4 Å². The van der Waals surface area contributed by atoms with Crippen LogP contribution in [0.1, 0.15) is 59.6 Å². The Labute approximate surface area is 163 Å². The number of nitrogens with zero attached hydrogens (tertiary/aromatic N) is 2. The molecule has 0 bridgehead atoms. The van der Waals surface area contributed by atoms with Crippen molar-refractivity contribution in [2.45, 2.75) is 83.8 Å². The fraction of sp³-hybridized carbons (Fsp3) is 0.700. The van der Waals surface area contributed by atoms with E-state index in [0.29, 0.717) is 18.5 Å². The van der Waals surface area contributed by atoms with Crippen LogP contribution < -0.4 is 0 Å². The van der Waals surface area contributed by atoms with Crippen molar-refractivity contribution in [1.29, 1.82) is 0 Å². The van der Waals surface area contributed by atoms with Gasteiger partial charge in [-0.05, 0) is 57.0 Å². The van der Waals surface area contributed by atoms with Crippen LogP contribution >= 0.6 is 0 Å². The Bertz CT molecular complexity index is 683. The number of likely N-dealkylation sites (tertiary alicyclic amines) is 1. The van der Waals surface area contributed by atoms with Crippen LogP contribution in [0.4, 0.5) is 9.18 Å². The molecule has 1 aliphatic heterocycles. The Morgan fingerprint density at radius 2 is 1.85 bits per heavy atom. The van der Waals surface area contributed by atoms with Gasteiger partial charge in [0.1, 0.15) is 11.4 Å². The third kappa shape index (κ3) is 5.51. The second-order valence-corrected chi connectivity index (χ2v) is 14.6. The molecule has 1 fully saturated rings. The Morgan fingerprint density at radius 1 is 1.22 bits per heavy atom. The summed E-state index contributed by atoms with van der Waals surface area (Å²) >= 11 is 0. The molecule has 2 atom stereocenters. The first-order valence-corrected chi connectivity index (χ1v) is 12.4. The summed E-state index contributed by atoms with van der Waals surface area (Å²) in [7, 11) is -1.99. The van der Waals surface area contributed by atoms with Crippen LogP contribution in [-0.2, 0) is 9.16 Å². The van der Waals surface area contributed by atoms with E-state index in [4.69, 9.17) is 9.16 Å². The summed E-state index contributed by atoms with van der Waals surface area (Å²) in [6, 6.07) is 1.13. The summed E-state index contributed by atoms with van der Waals surface area (Å²) in [6.07, 6.45) is 2.88. The molecule has 0 spiro atoms. The molecule has 2 heterocycles. The lowest BCUT2D eigenvalue weighted by Crippen LogP contribution is -2.45. The first-order chi connectivity index (χ1) is 12.2. The van der Waals surface area contributed by atoms with Crippen molar-refractivity contribution in [2.75, 3.05) is 6.54 Å². The lowest BCUT2D eigenvalue weighted by molar-refractivity contribution is 0.0208. The van der Waals surface area contributed by atoms with Gasteiger partial charge < -0.3 is 9.16 Å². The van der Waals surface area contributed by atoms with E-state index in [2.05, 4.69) is 38.8 Å². The summed E-state index contributed by atoms with van der Waals surface area (Å²) in [6.45, 7) is 16.9. The highest BCUT2D eigenvalue weighted by Gasteiger charge is 2.45. The van der Waals surface area contributed by atoms with Crippen molar-refractivity contribution in [1.82, 2.24) is 9.88 Å². The van der Waals surface area contributed by atoms with Gasteiger partial charge in [0, 0.05) is 12.7 Å². The zero-order chi connectivity index (χ0) is 20.6. The number of pyridine rings is 1. The van der Waals surface area contributed by atoms with E-state index in [1.807, 2.05) is 20.8 Å². The van der Waals surface area contributed by atoms with E-state index in [9.17, 15) is 9.18 Å². The van der Waals surface area contributed by atoms with Crippen molar-refractivity contribution in [2.24, 2.45) is 0 Å². The second kappa shape index (κ2) is 7.51. The minimum Gasteiger partial charge on any atom is -0.444 e. The van der Waals surface area contributed by atoms with Gasteiger partial charge in [0.15, 0.2) is 8.32 Å². The minimum atomic E-state index is -1.99. The molecule has 0 N–H and O–H groups in total. The van der Waals surface area contributed by atoms with Crippen LogP contribution in [0.15, 0.2) is 18.5 Å². The van der Waals surface area contributed by atoms with Gasteiger partial charge in [-0.1, -0.05) is 20.8 Å². The Kier molecular flexibility index (Phi) is 6.07. The maximum absolute atomic E-state index is 13.7. The van der Waals surface area contributed by atoms with E-state index in [-0.39, 0.29) is 17.2 Å². The van der Waals surface area contributed by atoms with E-state index < -0.39 is 25.8 Å². The SMILES string of the molecule is CC(C)(C)OC(=O)N1CC(O[Si](C)(C)C(C)(C)C)C[C@@H]1c1cncc(F)c1. The van der Waals surface area contributed by atoms with Crippen LogP contribution in [0, 0.1) is 5.82 Å². The third-order valence-corrected chi connectivity index (χ3v) is 9.80. The van der Waals surface area contributed by atoms with Gasteiger partial charge in [-0.2, -0.15) is 0 Å². The Morgan fingerprint density at radius 3 is 2.37 bits per heavy atom. The van der Waals surface area contributed by atoms with Crippen molar-refractivity contribution in [3.8, 4) is 0 Å². The van der Waals surface area contributed by atoms with E-state index >= 15 is 0 Å². The van der Waals surface area contributed by atoms with Crippen LogP contribution in [-0.4, -0.2) is 42.5 Å². The summed E-state index contributed by atoms with van der Waals surface area (Å²) in [5, 5.41) is 0.0717. The molecule has 1 aromatic rings. The highest BCUT2D eigenvalue weighted by atomic mass is 28.4. The molecule has 5 nitrogen and oxygen atoms in total. The molecule has 152 valence electrons. The van der Waals surface area contributed by atoms with Crippen LogP contribution in [0.25, 0.3) is 0 Å². The molecule has 2 rings (SSSR count). The fourth-order valence-electron chi connectivity index (χ4n) is 2.93. The molecule has 1 unspecified atom stereocenters. The smallest absolute Gasteiger partial charge is 0.410 e. The van der Waals surface area contributed by atoms with Crippen molar-refractivity contribution in [3.05, 3.63) is 29.8 Å². The quantitative estimate of drug-likeness (QED) is 0.651. The summed E-state index contributed by atoms with van der Waals surface area (Å²) in [5.41, 5.74) is 0.0717. The van der Waals surface area contributed by atoms with Crippen molar-refractivity contribution in [3.63, 3.8) is 0 Å². The van der Waals surface area contributed by atoms with E-state index in [1.54, 1.807) is 11.1 Å². The predicted octanol–water partition coefficient (Wildman–Crippen LogP) is 5.29. The van der Waals surface area contributed by atoms with Gasteiger partial charge in [-0.25, -0.2) is 9.18 Å². The molecular weight excluding hydrogens is 363 g/mol. The van der Waals surface area contributed by atoms with Gasteiger partial charge in [-0.15, -0.1) is 0 Å². The summed E-state index contributed by atoms with van der Waals surface area (Å²) < 4.78 is 25.8. The first-order valence-electron chi connectivity index (χ1n) is 9.47. The highest BCUT2D eigenvalue weighted by molar-refractivity contribution is 6.74. The maximum atomic E-state index is 13.7. The van der Waals surface area contributed by atoms with Crippen LogP contribution in [0.2, 0.25) is 18.1 Å². The average Bonchev–Trinajstić information content (AvgIpc) is 2.87. The fourth-order valence-corrected chi connectivity index (χ4v) is 4.28. The van der Waals surface area contributed by atoms with Gasteiger partial charge >= 0.3 is 6.09 Å². The predicted molar refractivity (Wildman–Crippen MR) is 107 cm³/mol. The molecule has 27 heavy (non-hydrogen) atoms. The van der Waals surface area contributed by atoms with Crippen LogP contribution in [0.3, 0.4) is 0 Å². The number of carbonyl (C=O) groups excluding carboxylic acids is 1. The number of halogens is 1. The van der Waals surface area contributed by atoms with Gasteiger partial charge in [0.25, 0.3) is 0 Å². The number of aromatic nitrogens is 1. The monoisotopic (exact) mass is 396 g/mol. The average molecular weight is 397 g/mol. The number of hydrogen-bond acceptors (Lipinski definition) is 4. The second-order valence-electron chi connectivity index (χ2n) is 9.82. The minimum absolute atomic E-state index is 0.0717. The number of ether oxygens (including phenoxy) is 1. The number of hydrogen-bond donors (Lipinski definition) is 0. The lowest BCUT2D eigenvalue weighted by atomic mass is 10.1. The van der Waals surface area contributed by atoms with E-state index in [0.717, 1.165) is 0 Å². The molecule has 1 saturated heterocycles. The Hall–Kier alpha value is -1.47. The van der Waals surface area contributed by atoms with Gasteiger partial charge in [-0.3, -0.25) is 9.88 Å². The van der Waals surface area contributed by atoms with E-state index in [1.165, 1.54) is 12.3 Å². The van der Waals surface area contributed by atoms with Crippen molar-refractivity contribution < 1.29 is 18.3 Å². The normalized spacial score (nSPS) is 21.4. The highest BCUT2D eigenvalue weighted by Crippen LogP contribution is 2.41. The largest absolute Gasteiger partial charge is 0.444 e. The molecule has 1 aliphatic rings. The Balaban J connectivity index is 2.27. The summed E-state index contributed by atoms with van der Waals surface area (Å²) in [5.74, 6) is -0.412. The van der Waals surface area contributed by atoms with Gasteiger partial charge in [0.05, 0.1) is 18.3 Å². The lowest BCUT2D eigenvalue weighted by Gasteiger charge is -2.38. The molecule has 0 aliphatic carbocycles. The molecule has 7 heteroatoms. The van der Waals surface area contributed by atoms with Crippen LogP contribution in [0.5, 0.6) is 0 Å². The first kappa shape index (κ1) is 21.8. The maximum Gasteiger partial charge on any atom is 0.410 e. The zero-order valence-electron chi connectivity index (χ0n) is 17.8.